The van der Waals surface area contributed by atoms with Gasteiger partial charge in [-0.1, -0.05) is 0 Å². The van der Waals surface area contributed by atoms with Crippen LogP contribution in [-0.4, -0.2) is 15.1 Å². The van der Waals surface area contributed by atoms with E-state index in [2.05, 4.69) is 29.9 Å². The van der Waals surface area contributed by atoms with Gasteiger partial charge in [0.2, 0.25) is 0 Å². The summed E-state index contributed by atoms with van der Waals surface area (Å²) in [6.45, 7) is 4.12. The first-order valence-electron chi connectivity index (χ1n) is 6.10. The quantitative estimate of drug-likeness (QED) is 0.583. The highest BCUT2D eigenvalue weighted by molar-refractivity contribution is 5.82. The molecule has 4 N–H and O–H groups in total. The van der Waals surface area contributed by atoms with Gasteiger partial charge in [-0.05, 0) is 49.2 Å². The molecule has 0 radical (unpaired) electrons. The lowest BCUT2D eigenvalue weighted by atomic mass is 10.1. The van der Waals surface area contributed by atoms with E-state index in [-0.39, 0.29) is 5.75 Å². The van der Waals surface area contributed by atoms with Gasteiger partial charge in [0, 0.05) is 11.8 Å². The molecule has 0 spiro atoms. The fourth-order valence-corrected chi connectivity index (χ4v) is 2.15. The van der Waals surface area contributed by atoms with Crippen molar-refractivity contribution in [3.8, 4) is 17.1 Å². The van der Waals surface area contributed by atoms with Gasteiger partial charge in [-0.25, -0.2) is 4.98 Å². The number of phenols is 1. The molecular formula is C15H15N3O. The number of benzene rings is 2. The van der Waals surface area contributed by atoms with Crippen molar-refractivity contribution in [1.29, 1.82) is 0 Å². The predicted octanol–water partition coefficient (Wildman–Crippen LogP) is 3.13. The minimum absolute atomic E-state index is 0.132. The smallest absolute Gasteiger partial charge is 0.142 e. The SMILES string of the molecule is Cc1cc2nc(-c3ccc(N)cc3O)[nH]c2cc1C. The Bertz CT molecular complexity index is 735. The molecule has 2 aromatic carbocycles. The second kappa shape index (κ2) is 4.02. The minimum atomic E-state index is 0.132. The molecule has 4 heteroatoms. The number of aromatic amines is 1. The molecule has 1 heterocycles. The van der Waals surface area contributed by atoms with Crippen LogP contribution in [-0.2, 0) is 0 Å². The Kier molecular flexibility index (Phi) is 2.45. The molecule has 0 saturated heterocycles. The molecule has 0 unspecified atom stereocenters. The van der Waals surface area contributed by atoms with Gasteiger partial charge in [0.15, 0.2) is 0 Å². The van der Waals surface area contributed by atoms with Crippen molar-refractivity contribution >= 4 is 16.7 Å². The summed E-state index contributed by atoms with van der Waals surface area (Å²) in [5, 5.41) is 9.94. The molecule has 3 aromatic rings. The lowest BCUT2D eigenvalue weighted by Crippen LogP contribution is -1.86. The lowest BCUT2D eigenvalue weighted by Gasteiger charge is -2.01. The normalized spacial score (nSPS) is 11.1. The maximum Gasteiger partial charge on any atom is 0.142 e. The maximum atomic E-state index is 9.94. The van der Waals surface area contributed by atoms with Crippen LogP contribution in [0.15, 0.2) is 30.3 Å². The first kappa shape index (κ1) is 11.6. The molecule has 0 aliphatic carbocycles. The Morgan fingerprint density at radius 1 is 1.11 bits per heavy atom. The average Bonchev–Trinajstić information content (AvgIpc) is 2.72. The van der Waals surface area contributed by atoms with Crippen molar-refractivity contribution in [2.24, 2.45) is 0 Å². The average molecular weight is 253 g/mol. The standard InChI is InChI=1S/C15H15N3O/c1-8-5-12-13(6-9(8)2)18-15(17-12)11-4-3-10(16)7-14(11)19/h3-7,19H,16H2,1-2H3,(H,17,18). The number of fused-ring (bicyclic) bond motifs is 1. The van der Waals surface area contributed by atoms with E-state index in [0.717, 1.165) is 11.0 Å². The van der Waals surface area contributed by atoms with Crippen LogP contribution >= 0.6 is 0 Å². The van der Waals surface area contributed by atoms with Crippen molar-refractivity contribution in [3.05, 3.63) is 41.5 Å². The van der Waals surface area contributed by atoms with Gasteiger partial charge >= 0.3 is 0 Å². The van der Waals surface area contributed by atoms with Gasteiger partial charge < -0.3 is 15.8 Å². The number of anilines is 1. The Hall–Kier alpha value is -2.49. The molecule has 19 heavy (non-hydrogen) atoms. The molecule has 0 bridgehead atoms. The predicted molar refractivity (Wildman–Crippen MR) is 77.1 cm³/mol. The summed E-state index contributed by atoms with van der Waals surface area (Å²) >= 11 is 0. The van der Waals surface area contributed by atoms with Crippen molar-refractivity contribution < 1.29 is 5.11 Å². The highest BCUT2D eigenvalue weighted by Crippen LogP contribution is 2.30. The summed E-state index contributed by atoms with van der Waals surface area (Å²) in [4.78, 5) is 7.75. The van der Waals surface area contributed by atoms with Gasteiger partial charge in [0.05, 0.1) is 16.6 Å². The second-order valence-electron chi connectivity index (χ2n) is 4.82. The van der Waals surface area contributed by atoms with Crippen LogP contribution < -0.4 is 5.73 Å². The third-order valence-electron chi connectivity index (χ3n) is 3.37. The fraction of sp³-hybridized carbons (Fsp3) is 0.133. The number of nitrogens with one attached hydrogen (secondary N) is 1. The van der Waals surface area contributed by atoms with Crippen LogP contribution in [0.1, 0.15) is 11.1 Å². The lowest BCUT2D eigenvalue weighted by molar-refractivity contribution is 0.477. The zero-order chi connectivity index (χ0) is 13.6. The van der Waals surface area contributed by atoms with Crippen molar-refractivity contribution in [2.45, 2.75) is 13.8 Å². The first-order chi connectivity index (χ1) is 9.04. The molecule has 4 nitrogen and oxygen atoms in total. The van der Waals surface area contributed by atoms with E-state index in [1.165, 1.54) is 17.2 Å². The van der Waals surface area contributed by atoms with E-state index in [1.807, 2.05) is 6.07 Å². The molecule has 96 valence electrons. The third-order valence-corrected chi connectivity index (χ3v) is 3.37. The van der Waals surface area contributed by atoms with Crippen LogP contribution in [0.5, 0.6) is 5.75 Å². The number of nitrogens with two attached hydrogens (primary N) is 1. The summed E-state index contributed by atoms with van der Waals surface area (Å²) in [7, 11) is 0. The van der Waals surface area contributed by atoms with Gasteiger partial charge in [0.25, 0.3) is 0 Å². The van der Waals surface area contributed by atoms with Crippen molar-refractivity contribution in [2.75, 3.05) is 5.73 Å². The Balaban J connectivity index is 2.20. The first-order valence-corrected chi connectivity index (χ1v) is 6.10. The molecule has 0 aliphatic heterocycles. The highest BCUT2D eigenvalue weighted by atomic mass is 16.3. The maximum absolute atomic E-state index is 9.94. The van der Waals surface area contributed by atoms with E-state index in [9.17, 15) is 5.11 Å². The van der Waals surface area contributed by atoms with Gasteiger partial charge in [-0.3, -0.25) is 0 Å². The van der Waals surface area contributed by atoms with E-state index in [1.54, 1.807) is 12.1 Å². The summed E-state index contributed by atoms with van der Waals surface area (Å²) < 4.78 is 0. The zero-order valence-electron chi connectivity index (χ0n) is 10.9. The van der Waals surface area contributed by atoms with Crippen LogP contribution in [0, 0.1) is 13.8 Å². The molecule has 0 fully saturated rings. The second-order valence-corrected chi connectivity index (χ2v) is 4.82. The number of nitrogens with zero attached hydrogens (tertiary/aromatic N) is 1. The Morgan fingerprint density at radius 3 is 2.58 bits per heavy atom. The molecule has 0 aliphatic rings. The number of aromatic hydroxyl groups is 1. The monoisotopic (exact) mass is 253 g/mol. The number of H-pyrrole nitrogens is 1. The minimum Gasteiger partial charge on any atom is -0.507 e. The fourth-order valence-electron chi connectivity index (χ4n) is 2.15. The van der Waals surface area contributed by atoms with Crippen LogP contribution in [0.2, 0.25) is 0 Å². The number of phenolic OH excluding ortho intramolecular Hbond substituents is 1. The summed E-state index contributed by atoms with van der Waals surface area (Å²) in [6, 6.07) is 9.15. The van der Waals surface area contributed by atoms with Gasteiger partial charge in [-0.2, -0.15) is 0 Å². The largest absolute Gasteiger partial charge is 0.507 e. The zero-order valence-corrected chi connectivity index (χ0v) is 10.9. The molecule has 0 atom stereocenters. The molecule has 0 saturated carbocycles. The number of aryl methyl sites for hydroxylation is 2. The Labute approximate surface area is 110 Å². The van der Waals surface area contributed by atoms with E-state index >= 15 is 0 Å². The number of nitrogen functional groups attached to an aromatic ring is 1. The number of hydrogen-bond acceptors (Lipinski definition) is 3. The van der Waals surface area contributed by atoms with E-state index < -0.39 is 0 Å². The molecule has 0 amide bonds. The van der Waals surface area contributed by atoms with Crippen LogP contribution in [0.25, 0.3) is 22.4 Å². The van der Waals surface area contributed by atoms with Gasteiger partial charge in [-0.15, -0.1) is 0 Å². The van der Waals surface area contributed by atoms with Gasteiger partial charge in [0.1, 0.15) is 11.6 Å². The Morgan fingerprint density at radius 2 is 1.84 bits per heavy atom. The molecule has 3 rings (SSSR count). The highest BCUT2D eigenvalue weighted by Gasteiger charge is 2.10. The molecular weight excluding hydrogens is 238 g/mol. The number of hydrogen-bond donors (Lipinski definition) is 3. The summed E-state index contributed by atoms with van der Waals surface area (Å²) in [5.41, 5.74) is 11.1. The summed E-state index contributed by atoms with van der Waals surface area (Å²) in [6.07, 6.45) is 0. The number of aromatic nitrogens is 2. The van der Waals surface area contributed by atoms with Crippen LogP contribution in [0.3, 0.4) is 0 Å². The number of rotatable bonds is 1. The third kappa shape index (κ3) is 1.91. The van der Waals surface area contributed by atoms with Crippen molar-refractivity contribution in [3.63, 3.8) is 0 Å². The number of imidazole rings is 1. The van der Waals surface area contributed by atoms with E-state index in [4.69, 9.17) is 5.73 Å². The van der Waals surface area contributed by atoms with Crippen molar-refractivity contribution in [1.82, 2.24) is 9.97 Å². The molecule has 1 aromatic heterocycles. The van der Waals surface area contributed by atoms with Crippen LogP contribution in [0.4, 0.5) is 5.69 Å². The van der Waals surface area contributed by atoms with E-state index in [0.29, 0.717) is 17.1 Å². The topological polar surface area (TPSA) is 74.9 Å². The summed E-state index contributed by atoms with van der Waals surface area (Å²) in [5.74, 6) is 0.782.